The topological polar surface area (TPSA) is 66.1 Å². The lowest BCUT2D eigenvalue weighted by Crippen LogP contribution is -2.13. The molecular formula is C13H16N2O3. The molecule has 0 fully saturated rings. The van der Waals surface area contributed by atoms with E-state index < -0.39 is 0 Å². The first kappa shape index (κ1) is 11.2. The molecule has 96 valence electrons. The fourth-order valence-electron chi connectivity index (χ4n) is 2.44. The average molecular weight is 248 g/mol. The largest absolute Gasteiger partial charge is 0.496 e. The smallest absolute Gasteiger partial charge is 0.282 e. The molecule has 1 aromatic carbocycles. The lowest BCUT2D eigenvalue weighted by molar-refractivity contribution is 0.218. The second-order valence-corrected chi connectivity index (χ2v) is 4.62. The van der Waals surface area contributed by atoms with Crippen LogP contribution in [-0.4, -0.2) is 25.8 Å². The highest BCUT2D eigenvalue weighted by Gasteiger charge is 2.28. The highest BCUT2D eigenvalue weighted by Crippen LogP contribution is 2.39. The van der Waals surface area contributed by atoms with E-state index in [9.17, 15) is 0 Å². The van der Waals surface area contributed by atoms with Crippen LogP contribution in [0.25, 0.3) is 0 Å². The average Bonchev–Trinajstić information content (AvgIpc) is 2.91. The van der Waals surface area contributed by atoms with Crippen LogP contribution in [0.5, 0.6) is 11.5 Å². The molecule has 3 rings (SSSR count). The van der Waals surface area contributed by atoms with Crippen LogP contribution < -0.4 is 15.2 Å². The number of benzene rings is 1. The first-order valence-electron chi connectivity index (χ1n) is 6.01. The summed E-state index contributed by atoms with van der Waals surface area (Å²) in [6.45, 7) is 2.58. The van der Waals surface area contributed by atoms with Crippen molar-refractivity contribution in [2.24, 2.45) is 10.7 Å². The third-order valence-corrected chi connectivity index (χ3v) is 3.27. The van der Waals surface area contributed by atoms with Gasteiger partial charge in [-0.25, -0.2) is 4.99 Å². The number of ether oxygens (including phenoxy) is 3. The Labute approximate surface area is 106 Å². The summed E-state index contributed by atoms with van der Waals surface area (Å²) in [6.07, 6.45) is 0.950. The summed E-state index contributed by atoms with van der Waals surface area (Å²) in [6, 6.07) is 4.24. The zero-order valence-electron chi connectivity index (χ0n) is 10.5. The summed E-state index contributed by atoms with van der Waals surface area (Å²) in [4.78, 5) is 4.05. The van der Waals surface area contributed by atoms with Crippen molar-refractivity contribution in [2.45, 2.75) is 25.6 Å². The molecule has 2 aliphatic rings. The molecule has 5 heteroatoms. The van der Waals surface area contributed by atoms with Crippen LogP contribution in [0.4, 0.5) is 0 Å². The molecule has 2 atom stereocenters. The molecule has 2 heterocycles. The van der Waals surface area contributed by atoms with Gasteiger partial charge in [0.1, 0.15) is 17.6 Å². The molecule has 0 saturated heterocycles. The molecule has 1 aromatic rings. The number of methoxy groups -OCH3 is 1. The van der Waals surface area contributed by atoms with Gasteiger partial charge >= 0.3 is 0 Å². The first-order chi connectivity index (χ1) is 8.67. The minimum Gasteiger partial charge on any atom is -0.496 e. The van der Waals surface area contributed by atoms with Crippen LogP contribution in [0.3, 0.4) is 0 Å². The van der Waals surface area contributed by atoms with Crippen molar-refractivity contribution in [1.29, 1.82) is 0 Å². The quantitative estimate of drug-likeness (QED) is 0.859. The number of aliphatic imine (C=N–C) groups is 1. The normalized spacial score (nSPS) is 25.1. The Balaban J connectivity index is 1.97. The minimum atomic E-state index is -0.176. The fourth-order valence-corrected chi connectivity index (χ4v) is 2.44. The molecule has 0 aromatic heterocycles. The van der Waals surface area contributed by atoms with E-state index in [0.717, 1.165) is 23.5 Å². The highest BCUT2D eigenvalue weighted by atomic mass is 16.5. The van der Waals surface area contributed by atoms with Gasteiger partial charge in [0.25, 0.3) is 6.02 Å². The molecule has 2 aliphatic heterocycles. The van der Waals surface area contributed by atoms with Crippen molar-refractivity contribution >= 4 is 6.02 Å². The number of rotatable bonds is 2. The van der Waals surface area contributed by atoms with Gasteiger partial charge in [0.2, 0.25) is 0 Å². The van der Waals surface area contributed by atoms with E-state index in [4.69, 9.17) is 19.9 Å². The Hall–Kier alpha value is -1.91. The van der Waals surface area contributed by atoms with E-state index in [1.165, 1.54) is 5.56 Å². The van der Waals surface area contributed by atoms with Crippen LogP contribution in [-0.2, 0) is 11.2 Å². The summed E-state index contributed by atoms with van der Waals surface area (Å²) in [7, 11) is 1.66. The molecule has 0 saturated carbocycles. The summed E-state index contributed by atoms with van der Waals surface area (Å²) < 4.78 is 16.6. The molecule has 0 spiro atoms. The van der Waals surface area contributed by atoms with Gasteiger partial charge in [-0.2, -0.15) is 0 Å². The van der Waals surface area contributed by atoms with Crippen molar-refractivity contribution in [3.05, 3.63) is 23.3 Å². The van der Waals surface area contributed by atoms with Gasteiger partial charge in [-0.3, -0.25) is 0 Å². The van der Waals surface area contributed by atoms with Gasteiger partial charge in [0.15, 0.2) is 6.10 Å². The molecular weight excluding hydrogens is 232 g/mol. The number of hydrogen-bond donors (Lipinski definition) is 1. The molecule has 2 unspecified atom stereocenters. The maximum absolute atomic E-state index is 5.75. The van der Waals surface area contributed by atoms with Crippen LogP contribution in [0, 0.1) is 0 Å². The third-order valence-electron chi connectivity index (χ3n) is 3.27. The van der Waals surface area contributed by atoms with Crippen LogP contribution >= 0.6 is 0 Å². The maximum Gasteiger partial charge on any atom is 0.282 e. The molecule has 0 aliphatic carbocycles. The second-order valence-electron chi connectivity index (χ2n) is 4.62. The molecule has 0 radical (unpaired) electrons. The van der Waals surface area contributed by atoms with Crippen LogP contribution in [0.15, 0.2) is 17.1 Å². The zero-order valence-corrected chi connectivity index (χ0v) is 10.5. The van der Waals surface area contributed by atoms with Gasteiger partial charge in [-0.1, -0.05) is 0 Å². The summed E-state index contributed by atoms with van der Waals surface area (Å²) >= 11 is 0. The predicted molar refractivity (Wildman–Crippen MR) is 67.1 cm³/mol. The van der Waals surface area contributed by atoms with E-state index in [1.807, 2.05) is 12.1 Å². The van der Waals surface area contributed by atoms with Gasteiger partial charge in [-0.15, -0.1) is 0 Å². The highest BCUT2D eigenvalue weighted by molar-refractivity contribution is 5.73. The van der Waals surface area contributed by atoms with E-state index in [-0.39, 0.29) is 18.2 Å². The van der Waals surface area contributed by atoms with E-state index in [2.05, 4.69) is 11.9 Å². The standard InChI is InChI=1S/C13H16N2O3/c1-7-3-8-4-11(16-2)9(5-10(8)17-7)12-6-15-13(14)18-12/h4-5,7,12H,3,6H2,1-2H3,(H2,14,15). The zero-order chi connectivity index (χ0) is 12.7. The Morgan fingerprint density at radius 3 is 2.89 bits per heavy atom. The van der Waals surface area contributed by atoms with Crippen molar-refractivity contribution < 1.29 is 14.2 Å². The number of nitrogens with zero attached hydrogens (tertiary/aromatic N) is 1. The number of hydrogen-bond acceptors (Lipinski definition) is 5. The van der Waals surface area contributed by atoms with Crippen LogP contribution in [0.1, 0.15) is 24.2 Å². The van der Waals surface area contributed by atoms with Gasteiger partial charge in [0, 0.05) is 17.5 Å². The van der Waals surface area contributed by atoms with Gasteiger partial charge in [0.05, 0.1) is 13.7 Å². The molecule has 18 heavy (non-hydrogen) atoms. The maximum atomic E-state index is 5.75. The lowest BCUT2D eigenvalue weighted by atomic mass is 10.0. The Morgan fingerprint density at radius 1 is 1.39 bits per heavy atom. The lowest BCUT2D eigenvalue weighted by Gasteiger charge is -2.15. The number of fused-ring (bicyclic) bond motifs is 1. The fraction of sp³-hybridized carbons (Fsp3) is 0.462. The van der Waals surface area contributed by atoms with Crippen molar-refractivity contribution in [1.82, 2.24) is 0 Å². The Bertz CT molecular complexity index is 513. The van der Waals surface area contributed by atoms with E-state index in [1.54, 1.807) is 7.11 Å². The molecule has 0 bridgehead atoms. The van der Waals surface area contributed by atoms with Crippen molar-refractivity contribution in [3.63, 3.8) is 0 Å². The Morgan fingerprint density at radius 2 is 2.22 bits per heavy atom. The Kier molecular flexibility index (Phi) is 2.54. The molecule has 5 nitrogen and oxygen atoms in total. The van der Waals surface area contributed by atoms with Gasteiger partial charge < -0.3 is 19.9 Å². The minimum absolute atomic E-state index is 0.176. The second kappa shape index (κ2) is 4.08. The van der Waals surface area contributed by atoms with E-state index in [0.29, 0.717) is 6.54 Å². The summed E-state index contributed by atoms with van der Waals surface area (Å²) in [5.74, 6) is 1.72. The summed E-state index contributed by atoms with van der Waals surface area (Å²) in [5.41, 5.74) is 7.66. The molecule has 2 N–H and O–H groups in total. The third kappa shape index (κ3) is 1.75. The van der Waals surface area contributed by atoms with Crippen molar-refractivity contribution in [3.8, 4) is 11.5 Å². The first-order valence-corrected chi connectivity index (χ1v) is 6.01. The van der Waals surface area contributed by atoms with Crippen molar-refractivity contribution in [2.75, 3.05) is 13.7 Å². The number of amidine groups is 1. The van der Waals surface area contributed by atoms with Crippen LogP contribution in [0.2, 0.25) is 0 Å². The number of nitrogens with two attached hydrogens (primary N) is 1. The van der Waals surface area contributed by atoms with E-state index >= 15 is 0 Å². The summed E-state index contributed by atoms with van der Waals surface area (Å²) in [5, 5.41) is 0. The monoisotopic (exact) mass is 248 g/mol. The molecule has 0 amide bonds. The van der Waals surface area contributed by atoms with Gasteiger partial charge in [-0.05, 0) is 19.1 Å². The SMILES string of the molecule is COc1cc2c(cc1C1CN=C(N)O1)OC(C)C2. The predicted octanol–water partition coefficient (Wildman–Crippen LogP) is 1.40.